The Hall–Kier alpha value is -3.00. The van der Waals surface area contributed by atoms with Crippen molar-refractivity contribution in [2.24, 2.45) is 0 Å². The zero-order chi connectivity index (χ0) is 23.3. The molecule has 172 valence electrons. The van der Waals surface area contributed by atoms with Gasteiger partial charge in [-0.15, -0.1) is 0 Å². The first-order valence-electron chi connectivity index (χ1n) is 10.6. The SMILES string of the molecule is CCC(=O)Nc1ccc(C(C)NC(=O)C(CCSC)NC(=O)COc2ccccc2)cc1. The van der Waals surface area contributed by atoms with Crippen LogP contribution >= 0.6 is 11.8 Å². The van der Waals surface area contributed by atoms with Crippen molar-refractivity contribution in [3.8, 4) is 5.75 Å². The van der Waals surface area contributed by atoms with Crippen molar-refractivity contribution in [1.82, 2.24) is 10.6 Å². The molecule has 0 radical (unpaired) electrons. The Morgan fingerprint density at radius 3 is 2.28 bits per heavy atom. The third-order valence-corrected chi connectivity index (χ3v) is 5.39. The van der Waals surface area contributed by atoms with Gasteiger partial charge in [0.1, 0.15) is 11.8 Å². The Morgan fingerprint density at radius 1 is 0.969 bits per heavy atom. The van der Waals surface area contributed by atoms with Crippen LogP contribution in [0.5, 0.6) is 5.75 Å². The number of benzene rings is 2. The monoisotopic (exact) mass is 457 g/mol. The number of rotatable bonds is 12. The van der Waals surface area contributed by atoms with Crippen molar-refractivity contribution in [2.75, 3.05) is 23.9 Å². The Kier molecular flexibility index (Phi) is 10.6. The molecule has 0 aliphatic heterocycles. The van der Waals surface area contributed by atoms with Crippen LogP contribution in [0.2, 0.25) is 0 Å². The Bertz CT molecular complexity index is 875. The van der Waals surface area contributed by atoms with E-state index in [4.69, 9.17) is 4.74 Å². The topological polar surface area (TPSA) is 96.5 Å². The maximum Gasteiger partial charge on any atom is 0.258 e. The third-order valence-electron chi connectivity index (χ3n) is 4.75. The summed E-state index contributed by atoms with van der Waals surface area (Å²) in [7, 11) is 0. The van der Waals surface area contributed by atoms with E-state index >= 15 is 0 Å². The number of hydrogen-bond acceptors (Lipinski definition) is 5. The predicted octanol–water partition coefficient (Wildman–Crippen LogP) is 3.53. The normalized spacial score (nSPS) is 12.3. The maximum absolute atomic E-state index is 12.9. The second kappa shape index (κ2) is 13.4. The van der Waals surface area contributed by atoms with Crippen LogP contribution in [0.3, 0.4) is 0 Å². The first-order chi connectivity index (χ1) is 15.4. The zero-order valence-electron chi connectivity index (χ0n) is 18.7. The van der Waals surface area contributed by atoms with Gasteiger partial charge in [0, 0.05) is 12.1 Å². The molecule has 7 nitrogen and oxygen atoms in total. The average molecular weight is 458 g/mol. The number of amides is 3. The van der Waals surface area contributed by atoms with Crippen LogP contribution in [-0.2, 0) is 14.4 Å². The van der Waals surface area contributed by atoms with Crippen molar-refractivity contribution < 1.29 is 19.1 Å². The molecule has 0 aliphatic carbocycles. The summed E-state index contributed by atoms with van der Waals surface area (Å²) >= 11 is 1.61. The lowest BCUT2D eigenvalue weighted by molar-refractivity contribution is -0.130. The standard InChI is InChI=1S/C24H31N3O4S/c1-4-22(28)26-19-12-10-18(11-13-19)17(2)25-24(30)21(14-15-32-3)27-23(29)16-31-20-8-6-5-7-9-20/h5-13,17,21H,4,14-16H2,1-3H3,(H,25,30)(H,26,28)(H,27,29). The van der Waals surface area contributed by atoms with Gasteiger partial charge in [-0.25, -0.2) is 0 Å². The highest BCUT2D eigenvalue weighted by atomic mass is 32.2. The van der Waals surface area contributed by atoms with E-state index in [0.717, 1.165) is 11.3 Å². The second-order valence-electron chi connectivity index (χ2n) is 7.26. The van der Waals surface area contributed by atoms with Gasteiger partial charge in [0.2, 0.25) is 11.8 Å². The summed E-state index contributed by atoms with van der Waals surface area (Å²) in [5.74, 6) is 0.683. The highest BCUT2D eigenvalue weighted by Crippen LogP contribution is 2.17. The fraction of sp³-hybridized carbons (Fsp3) is 0.375. The molecule has 0 saturated carbocycles. The molecule has 2 rings (SSSR count). The molecule has 0 aromatic heterocycles. The first kappa shape index (κ1) is 25.3. The van der Waals surface area contributed by atoms with E-state index in [1.807, 2.05) is 43.5 Å². The summed E-state index contributed by atoms with van der Waals surface area (Å²) < 4.78 is 5.47. The van der Waals surface area contributed by atoms with Crippen molar-refractivity contribution in [2.45, 2.75) is 38.8 Å². The summed E-state index contributed by atoms with van der Waals surface area (Å²) in [6.45, 7) is 3.51. The molecule has 2 aromatic rings. The lowest BCUT2D eigenvalue weighted by Gasteiger charge is -2.22. The smallest absolute Gasteiger partial charge is 0.258 e. The van der Waals surface area contributed by atoms with Gasteiger partial charge in [0.15, 0.2) is 6.61 Å². The molecule has 2 atom stereocenters. The summed E-state index contributed by atoms with van der Waals surface area (Å²) in [6.07, 6.45) is 2.88. The molecule has 32 heavy (non-hydrogen) atoms. The number of hydrogen-bond donors (Lipinski definition) is 3. The second-order valence-corrected chi connectivity index (χ2v) is 8.24. The number of anilines is 1. The van der Waals surface area contributed by atoms with Gasteiger partial charge in [-0.05, 0) is 55.2 Å². The molecule has 2 unspecified atom stereocenters. The lowest BCUT2D eigenvalue weighted by atomic mass is 10.1. The molecule has 2 aromatic carbocycles. The fourth-order valence-electron chi connectivity index (χ4n) is 2.91. The van der Waals surface area contributed by atoms with Crippen molar-refractivity contribution >= 4 is 35.2 Å². The Labute approximate surface area is 193 Å². The minimum Gasteiger partial charge on any atom is -0.484 e. The molecule has 3 N–H and O–H groups in total. The highest BCUT2D eigenvalue weighted by molar-refractivity contribution is 7.98. The maximum atomic E-state index is 12.9. The van der Waals surface area contributed by atoms with Crippen LogP contribution in [0.1, 0.15) is 38.3 Å². The van der Waals surface area contributed by atoms with Gasteiger partial charge in [-0.1, -0.05) is 37.3 Å². The molecular formula is C24H31N3O4S. The molecule has 0 bridgehead atoms. The first-order valence-corrected chi connectivity index (χ1v) is 12.0. The van der Waals surface area contributed by atoms with E-state index in [1.165, 1.54) is 0 Å². The molecule has 0 spiro atoms. The van der Waals surface area contributed by atoms with E-state index in [9.17, 15) is 14.4 Å². The predicted molar refractivity (Wildman–Crippen MR) is 129 cm³/mol. The van der Waals surface area contributed by atoms with E-state index in [2.05, 4.69) is 16.0 Å². The molecule has 3 amide bonds. The van der Waals surface area contributed by atoms with E-state index in [-0.39, 0.29) is 30.4 Å². The van der Waals surface area contributed by atoms with Gasteiger partial charge in [-0.2, -0.15) is 11.8 Å². The summed E-state index contributed by atoms with van der Waals surface area (Å²) in [5, 5.41) is 8.54. The summed E-state index contributed by atoms with van der Waals surface area (Å²) in [5.41, 5.74) is 1.61. The average Bonchev–Trinajstić information content (AvgIpc) is 2.81. The van der Waals surface area contributed by atoms with Gasteiger partial charge in [0.25, 0.3) is 5.91 Å². The van der Waals surface area contributed by atoms with Gasteiger partial charge in [-0.3, -0.25) is 14.4 Å². The Morgan fingerprint density at radius 2 is 1.66 bits per heavy atom. The largest absolute Gasteiger partial charge is 0.484 e. The van der Waals surface area contributed by atoms with Crippen LogP contribution in [0, 0.1) is 0 Å². The lowest BCUT2D eigenvalue weighted by Crippen LogP contribution is -2.48. The number of nitrogens with one attached hydrogen (secondary N) is 3. The number of carbonyl (C=O) groups is 3. The van der Waals surface area contributed by atoms with Crippen molar-refractivity contribution in [1.29, 1.82) is 0 Å². The van der Waals surface area contributed by atoms with Gasteiger partial charge < -0.3 is 20.7 Å². The third kappa shape index (κ3) is 8.63. The van der Waals surface area contributed by atoms with Gasteiger partial charge in [0.05, 0.1) is 6.04 Å². The summed E-state index contributed by atoms with van der Waals surface area (Å²) in [4.78, 5) is 36.7. The number of ether oxygens (including phenoxy) is 1. The van der Waals surface area contributed by atoms with Crippen molar-refractivity contribution in [3.05, 3.63) is 60.2 Å². The molecule has 8 heteroatoms. The zero-order valence-corrected chi connectivity index (χ0v) is 19.5. The number of para-hydroxylation sites is 1. The minimum absolute atomic E-state index is 0.0530. The van der Waals surface area contributed by atoms with E-state index in [0.29, 0.717) is 24.3 Å². The molecular weight excluding hydrogens is 426 g/mol. The van der Waals surface area contributed by atoms with Crippen LogP contribution in [0.25, 0.3) is 0 Å². The molecule has 0 fully saturated rings. The van der Waals surface area contributed by atoms with Crippen molar-refractivity contribution in [3.63, 3.8) is 0 Å². The Balaban J connectivity index is 1.92. The highest BCUT2D eigenvalue weighted by Gasteiger charge is 2.22. The van der Waals surface area contributed by atoms with E-state index < -0.39 is 6.04 Å². The fourth-order valence-corrected chi connectivity index (χ4v) is 3.38. The van der Waals surface area contributed by atoms with Crippen LogP contribution in [-0.4, -0.2) is 42.4 Å². The van der Waals surface area contributed by atoms with Crippen LogP contribution in [0.4, 0.5) is 5.69 Å². The molecule has 0 saturated heterocycles. The van der Waals surface area contributed by atoms with Crippen LogP contribution < -0.4 is 20.7 Å². The summed E-state index contributed by atoms with van der Waals surface area (Å²) in [6, 6.07) is 15.5. The van der Waals surface area contributed by atoms with Crippen LogP contribution in [0.15, 0.2) is 54.6 Å². The number of carbonyl (C=O) groups excluding carboxylic acids is 3. The molecule has 0 aliphatic rings. The number of thioether (sulfide) groups is 1. The van der Waals surface area contributed by atoms with Gasteiger partial charge >= 0.3 is 0 Å². The van der Waals surface area contributed by atoms with E-state index in [1.54, 1.807) is 43.0 Å². The quantitative estimate of drug-likeness (QED) is 0.453. The minimum atomic E-state index is -0.653. The molecule has 0 heterocycles.